The molecular formula is C20H15BrFN3O. The monoisotopic (exact) mass is 411 g/mol. The van der Waals surface area contributed by atoms with Crippen molar-refractivity contribution < 1.29 is 9.13 Å². The molecule has 0 amide bonds. The molecular weight excluding hydrogens is 397 g/mol. The number of rotatable bonds is 4. The van der Waals surface area contributed by atoms with Crippen molar-refractivity contribution in [2.45, 2.75) is 6.92 Å². The quantitative estimate of drug-likeness (QED) is 0.642. The van der Waals surface area contributed by atoms with Crippen molar-refractivity contribution in [2.24, 2.45) is 0 Å². The highest BCUT2D eigenvalue weighted by Crippen LogP contribution is 2.34. The minimum Gasteiger partial charge on any atom is -0.494 e. The summed E-state index contributed by atoms with van der Waals surface area (Å²) in [6.07, 6.45) is 0. The summed E-state index contributed by atoms with van der Waals surface area (Å²) in [6.45, 7) is 2.49. The Bertz CT molecular complexity index is 997. The Hall–Kier alpha value is -2.91. The maximum Gasteiger partial charge on any atom is 0.142 e. The van der Waals surface area contributed by atoms with Gasteiger partial charge in [0.05, 0.1) is 12.3 Å². The highest BCUT2D eigenvalue weighted by molar-refractivity contribution is 9.10. The predicted molar refractivity (Wildman–Crippen MR) is 103 cm³/mol. The number of hydrogen-bond acceptors (Lipinski definition) is 4. The van der Waals surface area contributed by atoms with E-state index < -0.39 is 5.82 Å². The van der Waals surface area contributed by atoms with Gasteiger partial charge in [-0.2, -0.15) is 5.26 Å². The number of aromatic nitrogens is 1. The average Bonchev–Trinajstić information content (AvgIpc) is 2.62. The van der Waals surface area contributed by atoms with Crippen LogP contribution in [0, 0.1) is 17.1 Å². The molecule has 2 aromatic carbocycles. The van der Waals surface area contributed by atoms with Gasteiger partial charge in [0.25, 0.3) is 0 Å². The summed E-state index contributed by atoms with van der Waals surface area (Å²) < 4.78 is 20.5. The van der Waals surface area contributed by atoms with Crippen molar-refractivity contribution in [1.29, 1.82) is 5.26 Å². The lowest BCUT2D eigenvalue weighted by Gasteiger charge is -2.11. The van der Waals surface area contributed by atoms with E-state index >= 15 is 0 Å². The lowest BCUT2D eigenvalue weighted by Crippen LogP contribution is -2.00. The number of nitrogen functional groups attached to an aromatic ring is 1. The maximum atomic E-state index is 14.4. The van der Waals surface area contributed by atoms with Crippen LogP contribution in [0.5, 0.6) is 5.75 Å². The summed E-state index contributed by atoms with van der Waals surface area (Å²) in [6, 6.07) is 15.7. The smallest absolute Gasteiger partial charge is 0.142 e. The molecule has 0 unspecified atom stereocenters. The molecule has 0 aliphatic rings. The fraction of sp³-hybridized carbons (Fsp3) is 0.100. The molecule has 3 rings (SSSR count). The van der Waals surface area contributed by atoms with Crippen molar-refractivity contribution in [1.82, 2.24) is 4.98 Å². The molecule has 1 aromatic heterocycles. The van der Waals surface area contributed by atoms with Gasteiger partial charge in [0.15, 0.2) is 0 Å². The van der Waals surface area contributed by atoms with Crippen LogP contribution in [0.2, 0.25) is 0 Å². The highest BCUT2D eigenvalue weighted by atomic mass is 79.9. The number of nitriles is 1. The Morgan fingerprint density at radius 2 is 1.88 bits per heavy atom. The van der Waals surface area contributed by atoms with Crippen molar-refractivity contribution in [3.8, 4) is 34.2 Å². The molecule has 0 saturated heterocycles. The van der Waals surface area contributed by atoms with Gasteiger partial charge in [-0.15, -0.1) is 0 Å². The topological polar surface area (TPSA) is 71.9 Å². The lowest BCUT2D eigenvalue weighted by atomic mass is 9.98. The molecule has 0 fully saturated rings. The summed E-state index contributed by atoms with van der Waals surface area (Å²) in [7, 11) is 0. The molecule has 0 saturated carbocycles. The Morgan fingerprint density at radius 3 is 2.50 bits per heavy atom. The van der Waals surface area contributed by atoms with Crippen molar-refractivity contribution in [3.63, 3.8) is 0 Å². The van der Waals surface area contributed by atoms with Crippen molar-refractivity contribution >= 4 is 21.7 Å². The molecule has 3 aromatic rings. The molecule has 26 heavy (non-hydrogen) atoms. The number of nitrogens with zero attached hydrogens (tertiary/aromatic N) is 2. The van der Waals surface area contributed by atoms with Gasteiger partial charge >= 0.3 is 0 Å². The largest absolute Gasteiger partial charge is 0.494 e. The standard InChI is InChI=1S/C20H15BrFN3O/c1-2-26-14-6-3-12(4-7-14)19-10-16(17(11-23)20(24)25-19)15-8-5-13(21)9-18(15)22/h3-10H,2H2,1H3,(H2,24,25). The molecule has 0 atom stereocenters. The number of benzene rings is 2. The molecule has 0 spiro atoms. The van der Waals surface area contributed by atoms with Crippen LogP contribution in [0.1, 0.15) is 12.5 Å². The molecule has 130 valence electrons. The number of halogens is 2. The molecule has 0 aliphatic heterocycles. The van der Waals surface area contributed by atoms with Crippen LogP contribution in [0.3, 0.4) is 0 Å². The van der Waals surface area contributed by atoms with E-state index in [0.29, 0.717) is 27.9 Å². The van der Waals surface area contributed by atoms with Crippen LogP contribution >= 0.6 is 15.9 Å². The van der Waals surface area contributed by atoms with E-state index in [1.54, 1.807) is 18.2 Å². The van der Waals surface area contributed by atoms with E-state index in [-0.39, 0.29) is 11.4 Å². The number of ether oxygens (including phenoxy) is 1. The minimum atomic E-state index is -0.445. The second-order valence-electron chi connectivity index (χ2n) is 5.51. The van der Waals surface area contributed by atoms with E-state index in [4.69, 9.17) is 10.5 Å². The fourth-order valence-electron chi connectivity index (χ4n) is 2.64. The lowest BCUT2D eigenvalue weighted by molar-refractivity contribution is 0.340. The van der Waals surface area contributed by atoms with Gasteiger partial charge in [0, 0.05) is 21.2 Å². The number of anilines is 1. The van der Waals surface area contributed by atoms with Crippen molar-refractivity contribution in [2.75, 3.05) is 12.3 Å². The zero-order chi connectivity index (χ0) is 18.7. The van der Waals surface area contributed by atoms with Gasteiger partial charge in [0.1, 0.15) is 29.0 Å². The molecule has 1 heterocycles. The number of nitrogens with two attached hydrogens (primary N) is 1. The molecule has 2 N–H and O–H groups in total. The average molecular weight is 412 g/mol. The van der Waals surface area contributed by atoms with Crippen LogP contribution in [0.4, 0.5) is 10.2 Å². The van der Waals surface area contributed by atoms with Gasteiger partial charge < -0.3 is 10.5 Å². The molecule has 0 aliphatic carbocycles. The summed E-state index contributed by atoms with van der Waals surface area (Å²) in [4.78, 5) is 4.31. The summed E-state index contributed by atoms with van der Waals surface area (Å²) >= 11 is 3.24. The van der Waals surface area contributed by atoms with E-state index in [0.717, 1.165) is 11.3 Å². The van der Waals surface area contributed by atoms with Gasteiger partial charge in [-0.25, -0.2) is 9.37 Å². The Balaban J connectivity index is 2.14. The number of hydrogen-bond donors (Lipinski definition) is 1. The summed E-state index contributed by atoms with van der Waals surface area (Å²) in [5.74, 6) is 0.368. The van der Waals surface area contributed by atoms with E-state index in [1.165, 1.54) is 6.07 Å². The fourth-order valence-corrected chi connectivity index (χ4v) is 2.97. The van der Waals surface area contributed by atoms with Crippen LogP contribution in [0.25, 0.3) is 22.4 Å². The summed E-state index contributed by atoms with van der Waals surface area (Å²) in [5.41, 5.74) is 8.19. The van der Waals surface area contributed by atoms with Gasteiger partial charge in [-0.1, -0.05) is 22.0 Å². The van der Waals surface area contributed by atoms with E-state index in [1.807, 2.05) is 37.3 Å². The first-order valence-electron chi connectivity index (χ1n) is 7.92. The molecule has 6 heteroatoms. The van der Waals surface area contributed by atoms with Crippen LogP contribution in [-0.4, -0.2) is 11.6 Å². The van der Waals surface area contributed by atoms with Gasteiger partial charge in [0.2, 0.25) is 0 Å². The third-order valence-electron chi connectivity index (χ3n) is 3.84. The molecule has 0 radical (unpaired) electrons. The van der Waals surface area contributed by atoms with E-state index in [2.05, 4.69) is 20.9 Å². The third-order valence-corrected chi connectivity index (χ3v) is 4.33. The number of pyridine rings is 1. The molecule has 0 bridgehead atoms. The van der Waals surface area contributed by atoms with Gasteiger partial charge in [-0.3, -0.25) is 0 Å². The Labute approximate surface area is 159 Å². The SMILES string of the molecule is CCOc1ccc(-c2cc(-c3ccc(Br)cc3F)c(C#N)c(N)n2)cc1. The zero-order valence-electron chi connectivity index (χ0n) is 14.0. The third kappa shape index (κ3) is 3.53. The zero-order valence-corrected chi connectivity index (χ0v) is 15.5. The highest BCUT2D eigenvalue weighted by Gasteiger charge is 2.16. The maximum absolute atomic E-state index is 14.4. The first-order valence-corrected chi connectivity index (χ1v) is 8.72. The van der Waals surface area contributed by atoms with Crippen LogP contribution < -0.4 is 10.5 Å². The predicted octanol–water partition coefficient (Wildman–Crippen LogP) is 5.17. The summed E-state index contributed by atoms with van der Waals surface area (Å²) in [5, 5.41) is 9.44. The first-order chi connectivity index (χ1) is 12.5. The van der Waals surface area contributed by atoms with Crippen molar-refractivity contribution in [3.05, 3.63) is 64.4 Å². The molecule has 4 nitrogen and oxygen atoms in total. The minimum absolute atomic E-state index is 0.0659. The second-order valence-corrected chi connectivity index (χ2v) is 6.42. The second kappa shape index (κ2) is 7.54. The normalized spacial score (nSPS) is 10.4. The van der Waals surface area contributed by atoms with Gasteiger partial charge in [-0.05, 0) is 49.4 Å². The Kier molecular flexibility index (Phi) is 5.19. The van der Waals surface area contributed by atoms with Crippen LogP contribution in [-0.2, 0) is 0 Å². The Morgan fingerprint density at radius 1 is 1.15 bits per heavy atom. The van der Waals surface area contributed by atoms with Crippen LogP contribution in [0.15, 0.2) is 53.0 Å². The first kappa shape index (κ1) is 17.9. The van der Waals surface area contributed by atoms with E-state index in [9.17, 15) is 9.65 Å².